The smallest absolute Gasteiger partial charge is 0.490 e. The monoisotopic (exact) mass is 639 g/mol. The van der Waals surface area contributed by atoms with E-state index in [9.17, 15) is 27.6 Å². The number of carbonyl (C=O) groups is 4. The summed E-state index contributed by atoms with van der Waals surface area (Å²) in [7, 11) is 1.54. The Morgan fingerprint density at radius 1 is 0.933 bits per heavy atom. The van der Waals surface area contributed by atoms with Gasteiger partial charge in [0.05, 0.1) is 12.8 Å². The predicted octanol–water partition coefficient (Wildman–Crippen LogP) is 3.73. The van der Waals surface area contributed by atoms with Crippen LogP contribution < -0.4 is 20.3 Å². The van der Waals surface area contributed by atoms with Gasteiger partial charge in [-0.15, -0.1) is 0 Å². The van der Waals surface area contributed by atoms with Crippen LogP contribution in [0.4, 0.5) is 23.7 Å². The van der Waals surface area contributed by atoms with Crippen molar-refractivity contribution in [1.29, 1.82) is 0 Å². The minimum absolute atomic E-state index is 0.00734. The van der Waals surface area contributed by atoms with E-state index in [2.05, 4.69) is 15.5 Å². The molecule has 3 N–H and O–H groups in total. The second kappa shape index (κ2) is 15.7. The second-order valence-electron chi connectivity index (χ2n) is 12.4. The van der Waals surface area contributed by atoms with E-state index < -0.39 is 18.2 Å². The number of likely N-dealkylation sites (tertiary alicyclic amines) is 2. The maximum atomic E-state index is 13.4. The predicted molar refractivity (Wildman–Crippen MR) is 160 cm³/mol. The maximum Gasteiger partial charge on any atom is 0.490 e. The first-order valence-corrected chi connectivity index (χ1v) is 15.8. The number of urea groups is 1. The van der Waals surface area contributed by atoms with Crippen molar-refractivity contribution in [1.82, 2.24) is 20.4 Å². The molecule has 0 radical (unpaired) electrons. The Labute approximate surface area is 261 Å². The van der Waals surface area contributed by atoms with Gasteiger partial charge in [0.1, 0.15) is 5.75 Å². The first-order chi connectivity index (χ1) is 21.4. The molecule has 4 fully saturated rings. The van der Waals surface area contributed by atoms with E-state index in [-0.39, 0.29) is 24.8 Å². The van der Waals surface area contributed by atoms with Gasteiger partial charge < -0.3 is 25.0 Å². The molecule has 0 saturated carbocycles. The molecular weight excluding hydrogens is 595 g/mol. The first-order valence-electron chi connectivity index (χ1n) is 15.8. The number of hydrogen-bond donors (Lipinski definition) is 3. The lowest BCUT2D eigenvalue weighted by atomic mass is 9.82. The van der Waals surface area contributed by atoms with Crippen LogP contribution in [0, 0.1) is 17.8 Å². The van der Waals surface area contributed by atoms with Crippen molar-refractivity contribution in [3.8, 4) is 5.75 Å². The maximum absolute atomic E-state index is 13.4. The largest absolute Gasteiger partial charge is 0.495 e. The van der Waals surface area contributed by atoms with Crippen molar-refractivity contribution < 1.29 is 42.2 Å². The molecule has 1 aromatic rings. The van der Waals surface area contributed by atoms with Gasteiger partial charge in [-0.1, -0.05) is 0 Å². The number of piperidine rings is 3. The molecule has 4 saturated heterocycles. The number of alkyl halides is 3. The third-order valence-corrected chi connectivity index (χ3v) is 9.26. The normalized spacial score (nSPS) is 21.2. The minimum atomic E-state index is -5.08. The summed E-state index contributed by atoms with van der Waals surface area (Å²) in [4.78, 5) is 52.4. The number of anilines is 1. The van der Waals surface area contributed by atoms with Crippen LogP contribution >= 0.6 is 0 Å². The number of ether oxygens (including phenoxy) is 1. The fourth-order valence-corrected chi connectivity index (χ4v) is 6.69. The third kappa shape index (κ3) is 9.80. The van der Waals surface area contributed by atoms with Gasteiger partial charge in [-0.05, 0) is 107 Å². The molecule has 0 bridgehead atoms. The van der Waals surface area contributed by atoms with Crippen LogP contribution in [-0.4, -0.2) is 104 Å². The van der Waals surface area contributed by atoms with Crippen LogP contribution in [0.2, 0.25) is 0 Å². The summed E-state index contributed by atoms with van der Waals surface area (Å²) in [6.45, 7) is 7.95. The van der Waals surface area contributed by atoms with Crippen LogP contribution in [-0.2, 0) is 9.59 Å². The Balaban J connectivity index is 0.000000591. The number of carboxylic acid groups (broad SMARTS) is 1. The highest BCUT2D eigenvalue weighted by molar-refractivity contribution is 6.07. The van der Waals surface area contributed by atoms with E-state index in [1.807, 2.05) is 4.90 Å². The molecule has 0 unspecified atom stereocenters. The Hall–Kier alpha value is -3.39. The zero-order valence-corrected chi connectivity index (χ0v) is 25.7. The molecular formula is C31H44F3N5O6. The number of carboxylic acids is 1. The van der Waals surface area contributed by atoms with Crippen molar-refractivity contribution >= 4 is 29.5 Å². The third-order valence-electron chi connectivity index (χ3n) is 9.26. The van der Waals surface area contributed by atoms with Gasteiger partial charge >= 0.3 is 18.2 Å². The van der Waals surface area contributed by atoms with Crippen LogP contribution in [0.15, 0.2) is 18.2 Å². The SMILES string of the molecule is COc1ccc(C(=O)N2CCC(CC3CCN(CC4CCNCC4)CC3)CC2)cc1N1CCC(=O)NC1=O.O=C(O)C(F)(F)F. The molecule has 14 heteroatoms. The Bertz CT molecular complexity index is 1190. The summed E-state index contributed by atoms with van der Waals surface area (Å²) in [6, 6.07) is 4.74. The van der Waals surface area contributed by atoms with Gasteiger partial charge in [-0.25, -0.2) is 9.59 Å². The van der Waals surface area contributed by atoms with Crippen molar-refractivity contribution in [2.75, 3.05) is 64.4 Å². The summed E-state index contributed by atoms with van der Waals surface area (Å²) < 4.78 is 37.2. The average Bonchev–Trinajstić information content (AvgIpc) is 3.02. The van der Waals surface area contributed by atoms with E-state index in [0.29, 0.717) is 22.9 Å². The van der Waals surface area contributed by atoms with E-state index in [1.165, 1.54) is 76.8 Å². The molecule has 4 heterocycles. The standard InChI is InChI=1S/C29H43N5O4.C2HF3O2/c1-38-26-3-2-24(19-25(26)34-17-10-27(35)31-29(34)37)28(36)33-15-8-22(9-16-33)18-21-6-13-32(14-7-21)20-23-4-11-30-12-5-23;3-2(4,5)1(6)7/h2-3,19,21-23,30H,4-18,20H2,1H3,(H,31,35,37);(H,6,7). The molecule has 4 aliphatic heterocycles. The summed E-state index contributed by atoms with van der Waals surface area (Å²) in [5.74, 6) is -0.161. The number of methoxy groups -OCH3 is 1. The summed E-state index contributed by atoms with van der Waals surface area (Å²) in [6.07, 6.45) is 3.81. The van der Waals surface area contributed by atoms with Gasteiger partial charge in [0, 0.05) is 38.2 Å². The Kier molecular flexibility index (Phi) is 12.1. The number of imide groups is 1. The lowest BCUT2D eigenvalue weighted by Gasteiger charge is -2.38. The molecule has 0 aromatic heterocycles. The fraction of sp³-hybridized carbons (Fsp3) is 0.677. The zero-order chi connectivity index (χ0) is 32.6. The molecule has 4 amide bonds. The van der Waals surface area contributed by atoms with E-state index in [1.54, 1.807) is 18.2 Å². The highest BCUT2D eigenvalue weighted by Crippen LogP contribution is 2.33. The number of aliphatic carboxylic acids is 1. The van der Waals surface area contributed by atoms with Gasteiger partial charge in [-0.3, -0.25) is 19.8 Å². The molecule has 11 nitrogen and oxygen atoms in total. The number of nitrogens with zero attached hydrogens (tertiary/aromatic N) is 3. The van der Waals surface area contributed by atoms with Gasteiger partial charge in [0.2, 0.25) is 5.91 Å². The number of nitrogens with one attached hydrogen (secondary N) is 2. The fourth-order valence-electron chi connectivity index (χ4n) is 6.69. The van der Waals surface area contributed by atoms with Crippen molar-refractivity contribution in [2.24, 2.45) is 17.8 Å². The summed E-state index contributed by atoms with van der Waals surface area (Å²) in [5.41, 5.74) is 1.06. The zero-order valence-electron chi connectivity index (χ0n) is 25.7. The van der Waals surface area contributed by atoms with Gasteiger partial charge in [0.25, 0.3) is 5.91 Å². The number of benzene rings is 1. The lowest BCUT2D eigenvalue weighted by Crippen LogP contribution is -2.49. The number of amides is 4. The van der Waals surface area contributed by atoms with Gasteiger partial charge in [-0.2, -0.15) is 13.2 Å². The minimum Gasteiger partial charge on any atom is -0.495 e. The molecule has 5 rings (SSSR count). The Morgan fingerprint density at radius 3 is 2.09 bits per heavy atom. The van der Waals surface area contributed by atoms with Gasteiger partial charge in [0.15, 0.2) is 0 Å². The molecule has 250 valence electrons. The molecule has 0 atom stereocenters. The number of halogens is 3. The number of rotatable bonds is 7. The molecule has 4 aliphatic rings. The van der Waals surface area contributed by atoms with Crippen LogP contribution in [0.5, 0.6) is 5.75 Å². The molecule has 45 heavy (non-hydrogen) atoms. The highest BCUT2D eigenvalue weighted by Gasteiger charge is 2.38. The average molecular weight is 640 g/mol. The molecule has 1 aromatic carbocycles. The quantitative estimate of drug-likeness (QED) is 0.412. The Morgan fingerprint density at radius 2 is 1.53 bits per heavy atom. The summed E-state index contributed by atoms with van der Waals surface area (Å²) in [5, 5.41) is 12.9. The molecule has 0 aliphatic carbocycles. The lowest BCUT2D eigenvalue weighted by molar-refractivity contribution is -0.192. The van der Waals surface area contributed by atoms with E-state index in [4.69, 9.17) is 14.6 Å². The topological polar surface area (TPSA) is 132 Å². The number of hydrogen-bond acceptors (Lipinski definition) is 7. The van der Waals surface area contributed by atoms with Crippen molar-refractivity contribution in [3.05, 3.63) is 23.8 Å². The summed E-state index contributed by atoms with van der Waals surface area (Å²) >= 11 is 0. The van der Waals surface area contributed by atoms with Crippen LogP contribution in [0.1, 0.15) is 61.7 Å². The number of carbonyl (C=O) groups excluding carboxylic acids is 3. The van der Waals surface area contributed by atoms with Crippen molar-refractivity contribution in [3.63, 3.8) is 0 Å². The highest BCUT2D eigenvalue weighted by atomic mass is 19.4. The van der Waals surface area contributed by atoms with Crippen LogP contribution in [0.25, 0.3) is 0 Å². The van der Waals surface area contributed by atoms with E-state index in [0.717, 1.165) is 37.8 Å². The van der Waals surface area contributed by atoms with E-state index >= 15 is 0 Å². The second-order valence-corrected chi connectivity index (χ2v) is 12.4. The van der Waals surface area contributed by atoms with Crippen LogP contribution in [0.3, 0.4) is 0 Å². The molecule has 0 spiro atoms. The van der Waals surface area contributed by atoms with Crippen molar-refractivity contribution in [2.45, 2.75) is 57.5 Å². The first kappa shape index (κ1) is 34.5.